The summed E-state index contributed by atoms with van der Waals surface area (Å²) in [5.74, 6) is -0.102. The number of nitrogens with zero attached hydrogens (tertiary/aromatic N) is 3. The van der Waals surface area contributed by atoms with Gasteiger partial charge in [-0.05, 0) is 68.8 Å². The molecule has 1 aliphatic heterocycles. The fourth-order valence-electron chi connectivity index (χ4n) is 3.80. The van der Waals surface area contributed by atoms with Crippen LogP contribution in [0.1, 0.15) is 76.2 Å². The van der Waals surface area contributed by atoms with E-state index in [1.54, 1.807) is 6.92 Å². The van der Waals surface area contributed by atoms with Gasteiger partial charge in [-0.3, -0.25) is 9.48 Å². The van der Waals surface area contributed by atoms with Gasteiger partial charge < -0.3 is 4.90 Å². The van der Waals surface area contributed by atoms with Gasteiger partial charge in [0.2, 0.25) is 5.91 Å². The number of alkyl halides is 3. The van der Waals surface area contributed by atoms with E-state index < -0.39 is 17.9 Å². The van der Waals surface area contributed by atoms with Gasteiger partial charge in [-0.1, -0.05) is 0 Å². The van der Waals surface area contributed by atoms with Crippen molar-refractivity contribution in [3.05, 3.63) is 15.9 Å². The number of halogens is 4. The van der Waals surface area contributed by atoms with Gasteiger partial charge in [-0.2, -0.15) is 18.3 Å². The Hall–Kier alpha value is -1.05. The summed E-state index contributed by atoms with van der Waals surface area (Å²) >= 11 is 3.09. The number of hydrogen-bond donors (Lipinski definition) is 0. The van der Waals surface area contributed by atoms with Gasteiger partial charge in [0.15, 0.2) is 5.69 Å². The zero-order valence-corrected chi connectivity index (χ0v) is 16.2. The number of carbonyl (C=O) groups excluding carboxylic acids is 1. The second-order valence-electron chi connectivity index (χ2n) is 7.31. The van der Waals surface area contributed by atoms with Crippen molar-refractivity contribution >= 4 is 21.8 Å². The Morgan fingerprint density at radius 3 is 2.24 bits per heavy atom. The fraction of sp³-hybridized carbons (Fsp3) is 0.765. The number of aromatic nitrogens is 2. The smallest absolute Gasteiger partial charge is 0.335 e. The van der Waals surface area contributed by atoms with Crippen LogP contribution in [0.25, 0.3) is 0 Å². The minimum absolute atomic E-state index is 0.0121. The molecule has 2 fully saturated rings. The third-order valence-corrected chi connectivity index (χ3v) is 6.07. The topological polar surface area (TPSA) is 38.1 Å². The lowest BCUT2D eigenvalue weighted by Gasteiger charge is -2.40. The van der Waals surface area contributed by atoms with Crippen molar-refractivity contribution in [1.29, 1.82) is 0 Å². The number of hydrogen-bond acceptors (Lipinski definition) is 2. The molecule has 0 spiro atoms. The first kappa shape index (κ1) is 18.7. The summed E-state index contributed by atoms with van der Waals surface area (Å²) in [6, 6.07) is -0.542. The molecule has 0 aromatic carbocycles. The normalized spacial score (nSPS) is 26.0. The molecule has 1 aromatic rings. The van der Waals surface area contributed by atoms with E-state index in [9.17, 15) is 18.0 Å². The summed E-state index contributed by atoms with van der Waals surface area (Å²) < 4.78 is 41.1. The number of piperidine rings is 1. The quantitative estimate of drug-likeness (QED) is 0.696. The maximum absolute atomic E-state index is 13.3. The van der Waals surface area contributed by atoms with E-state index in [0.717, 1.165) is 32.1 Å². The lowest BCUT2D eigenvalue weighted by molar-refractivity contribution is -0.144. The molecule has 0 bridgehead atoms. The average Bonchev–Trinajstić information content (AvgIpc) is 3.27. The number of carbonyl (C=O) groups is 1. The summed E-state index contributed by atoms with van der Waals surface area (Å²) in [5.41, 5.74) is -0.431. The first-order chi connectivity index (χ1) is 11.6. The highest BCUT2D eigenvalue weighted by atomic mass is 79.9. The molecule has 4 nitrogen and oxygen atoms in total. The van der Waals surface area contributed by atoms with E-state index in [0.29, 0.717) is 5.69 Å². The molecule has 3 rings (SSSR count). The van der Waals surface area contributed by atoms with Gasteiger partial charge in [-0.15, -0.1) is 0 Å². The lowest BCUT2D eigenvalue weighted by Crippen LogP contribution is -2.50. The molecular formula is C17H23BrF3N3O. The first-order valence-electron chi connectivity index (χ1n) is 8.80. The van der Waals surface area contributed by atoms with Crippen LogP contribution in [-0.2, 0) is 11.0 Å². The molecule has 3 atom stereocenters. The summed E-state index contributed by atoms with van der Waals surface area (Å²) in [5, 5.41) is 3.81. The molecular weight excluding hydrogens is 399 g/mol. The second kappa shape index (κ2) is 6.59. The molecule has 2 aliphatic rings. The Bertz CT molecular complexity index is 659. The molecule has 1 aromatic heterocycles. The third kappa shape index (κ3) is 3.46. The van der Waals surface area contributed by atoms with Gasteiger partial charge in [0.1, 0.15) is 6.04 Å². The zero-order chi connectivity index (χ0) is 18.5. The molecule has 25 heavy (non-hydrogen) atoms. The Kier molecular flexibility index (Phi) is 4.94. The fourth-order valence-corrected chi connectivity index (χ4v) is 4.61. The van der Waals surface area contributed by atoms with Crippen LogP contribution in [-0.4, -0.2) is 32.7 Å². The van der Waals surface area contributed by atoms with Crippen LogP contribution in [0, 0.1) is 0 Å². The highest BCUT2D eigenvalue weighted by Crippen LogP contribution is 2.48. The predicted octanol–water partition coefficient (Wildman–Crippen LogP) is 4.89. The van der Waals surface area contributed by atoms with Crippen LogP contribution < -0.4 is 0 Å². The Balaban J connectivity index is 1.96. The largest absolute Gasteiger partial charge is 0.436 e. The van der Waals surface area contributed by atoms with Gasteiger partial charge in [0.25, 0.3) is 0 Å². The predicted molar refractivity (Wildman–Crippen MR) is 91.2 cm³/mol. The van der Waals surface area contributed by atoms with E-state index in [1.807, 2.05) is 18.7 Å². The van der Waals surface area contributed by atoms with Crippen LogP contribution in [0.5, 0.6) is 0 Å². The third-order valence-electron chi connectivity index (χ3n) is 5.29. The van der Waals surface area contributed by atoms with E-state index in [4.69, 9.17) is 0 Å². The van der Waals surface area contributed by atoms with Crippen molar-refractivity contribution in [1.82, 2.24) is 14.7 Å². The molecule has 140 valence electrons. The molecule has 8 heteroatoms. The molecule has 1 aliphatic carbocycles. The van der Waals surface area contributed by atoms with Crippen molar-refractivity contribution in [3.63, 3.8) is 0 Å². The van der Waals surface area contributed by atoms with Crippen molar-refractivity contribution in [3.8, 4) is 0 Å². The van der Waals surface area contributed by atoms with Crippen LogP contribution in [0.3, 0.4) is 0 Å². The molecule has 0 radical (unpaired) electrons. The standard InChI is InChI=1S/C17H23BrF3N3O/c1-9-5-4-6-10(2)23(9)16(25)11(3)24-14(12-7-8-12)13(18)15(22-24)17(19,20)21/h9-12H,4-8H2,1-3H3/t9-,10+,11-/m0/s1. The lowest BCUT2D eigenvalue weighted by atomic mass is 9.96. The SMILES string of the molecule is C[C@@H]1CCC[C@H](C)N1C(=O)[C@H](C)n1nc(C(F)(F)F)c(Br)c1C1CC1. The Morgan fingerprint density at radius 1 is 1.20 bits per heavy atom. The average molecular weight is 422 g/mol. The minimum atomic E-state index is -4.54. The number of rotatable bonds is 3. The summed E-state index contributed by atoms with van der Waals surface area (Å²) in [6.07, 6.45) is 0.0450. The molecule has 1 saturated carbocycles. The summed E-state index contributed by atoms with van der Waals surface area (Å²) in [4.78, 5) is 14.9. The van der Waals surface area contributed by atoms with Crippen LogP contribution in [0.4, 0.5) is 13.2 Å². The maximum atomic E-state index is 13.3. The van der Waals surface area contributed by atoms with Gasteiger partial charge in [0, 0.05) is 18.0 Å². The van der Waals surface area contributed by atoms with Crippen LogP contribution >= 0.6 is 15.9 Å². The van der Waals surface area contributed by atoms with Crippen molar-refractivity contribution < 1.29 is 18.0 Å². The Labute approximate surface area is 153 Å². The second-order valence-corrected chi connectivity index (χ2v) is 8.11. The molecule has 2 heterocycles. The number of likely N-dealkylation sites (tertiary alicyclic amines) is 1. The highest BCUT2D eigenvalue weighted by Gasteiger charge is 2.44. The van der Waals surface area contributed by atoms with Crippen molar-refractivity contribution in [2.24, 2.45) is 0 Å². The number of amides is 1. The monoisotopic (exact) mass is 421 g/mol. The summed E-state index contributed by atoms with van der Waals surface area (Å²) in [7, 11) is 0. The van der Waals surface area contributed by atoms with E-state index in [2.05, 4.69) is 21.0 Å². The van der Waals surface area contributed by atoms with Crippen molar-refractivity contribution in [2.75, 3.05) is 0 Å². The molecule has 0 N–H and O–H groups in total. The van der Waals surface area contributed by atoms with E-state index in [-0.39, 0.29) is 28.4 Å². The van der Waals surface area contributed by atoms with Crippen LogP contribution in [0.15, 0.2) is 4.47 Å². The van der Waals surface area contributed by atoms with Crippen LogP contribution in [0.2, 0.25) is 0 Å². The van der Waals surface area contributed by atoms with E-state index in [1.165, 1.54) is 4.68 Å². The molecule has 1 amide bonds. The molecule has 1 saturated heterocycles. The molecule has 0 unspecified atom stereocenters. The van der Waals surface area contributed by atoms with Gasteiger partial charge >= 0.3 is 6.18 Å². The Morgan fingerprint density at radius 2 is 1.76 bits per heavy atom. The zero-order valence-electron chi connectivity index (χ0n) is 14.6. The highest BCUT2D eigenvalue weighted by molar-refractivity contribution is 9.10. The summed E-state index contributed by atoms with van der Waals surface area (Å²) in [6.45, 7) is 5.66. The van der Waals surface area contributed by atoms with Gasteiger partial charge in [-0.25, -0.2) is 0 Å². The van der Waals surface area contributed by atoms with Crippen molar-refractivity contribution in [2.45, 2.75) is 83.1 Å². The van der Waals surface area contributed by atoms with Gasteiger partial charge in [0.05, 0.1) is 10.2 Å². The maximum Gasteiger partial charge on any atom is 0.436 e. The first-order valence-corrected chi connectivity index (χ1v) is 9.59. The minimum Gasteiger partial charge on any atom is -0.335 e. The van der Waals surface area contributed by atoms with E-state index >= 15 is 0 Å².